The normalized spacial score (nSPS) is 16.5. The van der Waals surface area contributed by atoms with Crippen LogP contribution < -0.4 is 9.47 Å². The molecule has 3 aliphatic heterocycles. The molecule has 3 aliphatic rings. The Morgan fingerprint density at radius 1 is 0.730 bits per heavy atom. The van der Waals surface area contributed by atoms with Crippen molar-refractivity contribution in [3.8, 4) is 17.6 Å². The van der Waals surface area contributed by atoms with Crippen LogP contribution in [0.5, 0.6) is 11.5 Å². The number of hydrogen-bond acceptors (Lipinski definition) is 15. The summed E-state index contributed by atoms with van der Waals surface area (Å²) in [5.74, 6) is -2.47. The minimum absolute atomic E-state index is 0.0276. The van der Waals surface area contributed by atoms with E-state index in [0.29, 0.717) is 23.8 Å². The second-order valence-corrected chi connectivity index (χ2v) is 23.4. The summed E-state index contributed by atoms with van der Waals surface area (Å²) in [4.78, 5) is 71.3. The number of nitriles is 1. The topological polar surface area (TPSA) is 162 Å². The second-order valence-electron chi connectivity index (χ2n) is 18.8. The van der Waals surface area contributed by atoms with Crippen molar-refractivity contribution in [1.29, 1.82) is 5.26 Å². The van der Waals surface area contributed by atoms with Crippen molar-refractivity contribution in [1.82, 2.24) is 10.0 Å². The van der Waals surface area contributed by atoms with Gasteiger partial charge in [0.2, 0.25) is 0 Å². The highest BCUT2D eigenvalue weighted by atomic mass is 32.2. The van der Waals surface area contributed by atoms with E-state index in [-0.39, 0.29) is 101 Å². The lowest BCUT2D eigenvalue weighted by Gasteiger charge is -2.26. The van der Waals surface area contributed by atoms with Crippen LogP contribution in [0.1, 0.15) is 121 Å². The Kier molecular flexibility index (Phi) is 19.5. The summed E-state index contributed by atoms with van der Waals surface area (Å²) < 4.78 is 29.5. The number of carbonyl (C=O) groups is 5. The highest BCUT2D eigenvalue weighted by Crippen LogP contribution is 2.69. The molecule has 1 fully saturated rings. The molecule has 1 aromatic rings. The molecule has 13 nitrogen and oxygen atoms in total. The number of carbonyl (C=O) groups excluding carboxylic acids is 5. The van der Waals surface area contributed by atoms with Gasteiger partial charge in [-0.25, -0.2) is 14.8 Å². The summed E-state index contributed by atoms with van der Waals surface area (Å²) >= 11 is 4.30. The minimum atomic E-state index is -0.767. The Hall–Kier alpha value is -3.14. The highest BCUT2D eigenvalue weighted by molar-refractivity contribution is 8.26. The maximum Gasteiger partial charge on any atom is 0.350 e. The molecule has 348 valence electrons. The smallest absolute Gasteiger partial charge is 0.350 e. The molecule has 3 unspecified atom stereocenters. The first-order valence-electron chi connectivity index (χ1n) is 21.7. The van der Waals surface area contributed by atoms with E-state index in [2.05, 4.69) is 54.5 Å². The zero-order chi connectivity index (χ0) is 46.8. The van der Waals surface area contributed by atoms with Gasteiger partial charge in [-0.3, -0.25) is 19.2 Å². The average Bonchev–Trinajstić information content (AvgIpc) is 3.87. The fourth-order valence-corrected chi connectivity index (χ4v) is 13.2. The SMILES string of the molecule is CCCCC(CC)COC(=O)C(C#N)=C1Sc2c(OC(=O)CC(C)CC(C)(C)C)c3c(c(OC(=O)CC(C)CC(C)(C)C)c2S1)SC(=C1C(=O)N(CCOC)N(CCOC)C1=O)S3. The van der Waals surface area contributed by atoms with E-state index in [1.54, 1.807) is 0 Å². The third kappa shape index (κ3) is 14.2. The fourth-order valence-electron chi connectivity index (χ4n) is 7.79. The fraction of sp³-hybridized carbons (Fsp3) is 0.652. The van der Waals surface area contributed by atoms with Crippen molar-refractivity contribution in [2.75, 3.05) is 47.1 Å². The van der Waals surface area contributed by atoms with E-state index < -0.39 is 29.7 Å². The Balaban J connectivity index is 1.90. The maximum absolute atomic E-state index is 14.1. The van der Waals surface area contributed by atoms with Crippen molar-refractivity contribution < 1.29 is 47.7 Å². The number of hydrazine groups is 1. The van der Waals surface area contributed by atoms with Gasteiger partial charge in [-0.05, 0) is 47.8 Å². The summed E-state index contributed by atoms with van der Waals surface area (Å²) in [5.41, 5.74) is -0.374. The number of methoxy groups -OCH3 is 2. The van der Waals surface area contributed by atoms with Crippen LogP contribution in [-0.4, -0.2) is 86.9 Å². The number of unbranched alkanes of at least 4 members (excludes halogenated alkanes) is 1. The third-order valence-corrected chi connectivity index (χ3v) is 15.5. The lowest BCUT2D eigenvalue weighted by molar-refractivity contribution is -0.149. The number of esters is 3. The Morgan fingerprint density at radius 2 is 1.17 bits per heavy atom. The molecule has 0 aliphatic carbocycles. The zero-order valence-corrected chi connectivity index (χ0v) is 42.2. The van der Waals surface area contributed by atoms with Crippen LogP contribution in [0.25, 0.3) is 0 Å². The first-order valence-corrected chi connectivity index (χ1v) is 25.0. The molecule has 0 radical (unpaired) electrons. The molecule has 17 heteroatoms. The first-order chi connectivity index (χ1) is 29.7. The third-order valence-electron chi connectivity index (χ3n) is 10.3. The number of hydrogen-bond donors (Lipinski definition) is 0. The summed E-state index contributed by atoms with van der Waals surface area (Å²) in [6, 6.07) is 2.06. The number of nitrogens with zero attached hydrogens (tertiary/aromatic N) is 3. The molecular weight excluding hydrogens is 883 g/mol. The number of ether oxygens (including phenoxy) is 5. The van der Waals surface area contributed by atoms with Crippen LogP contribution in [0.3, 0.4) is 0 Å². The predicted octanol–water partition coefficient (Wildman–Crippen LogP) is 10.4. The van der Waals surface area contributed by atoms with Crippen molar-refractivity contribution in [2.45, 2.75) is 140 Å². The van der Waals surface area contributed by atoms with Crippen molar-refractivity contribution in [3.63, 3.8) is 0 Å². The van der Waals surface area contributed by atoms with Crippen molar-refractivity contribution in [3.05, 3.63) is 19.6 Å². The van der Waals surface area contributed by atoms with Gasteiger partial charge in [0.05, 0.1) is 61.0 Å². The number of amides is 2. The van der Waals surface area contributed by atoms with E-state index in [1.165, 1.54) is 24.2 Å². The molecule has 0 N–H and O–H groups in total. The van der Waals surface area contributed by atoms with E-state index in [9.17, 15) is 29.2 Å². The van der Waals surface area contributed by atoms with Gasteiger partial charge in [-0.1, -0.05) is 136 Å². The van der Waals surface area contributed by atoms with Crippen LogP contribution in [0.2, 0.25) is 0 Å². The number of rotatable bonds is 21. The van der Waals surface area contributed by atoms with Gasteiger partial charge >= 0.3 is 17.9 Å². The molecule has 0 saturated carbocycles. The van der Waals surface area contributed by atoms with Gasteiger partial charge < -0.3 is 23.7 Å². The van der Waals surface area contributed by atoms with Crippen LogP contribution in [0.15, 0.2) is 39.2 Å². The Morgan fingerprint density at radius 3 is 1.56 bits per heavy atom. The monoisotopic (exact) mass is 947 g/mol. The molecule has 3 heterocycles. The van der Waals surface area contributed by atoms with E-state index >= 15 is 0 Å². The van der Waals surface area contributed by atoms with E-state index in [0.717, 1.165) is 85.6 Å². The van der Waals surface area contributed by atoms with E-state index in [1.807, 2.05) is 20.8 Å². The van der Waals surface area contributed by atoms with Crippen LogP contribution in [0, 0.1) is 39.9 Å². The van der Waals surface area contributed by atoms with Gasteiger partial charge in [0.1, 0.15) is 11.6 Å². The summed E-state index contributed by atoms with van der Waals surface area (Å²) in [5, 5.41) is 13.1. The highest BCUT2D eigenvalue weighted by Gasteiger charge is 2.47. The summed E-state index contributed by atoms with van der Waals surface area (Å²) in [6.45, 7) is 21.5. The molecule has 2 amide bonds. The Labute approximate surface area is 390 Å². The molecule has 63 heavy (non-hydrogen) atoms. The number of fused-ring (bicyclic) bond motifs is 2. The van der Waals surface area contributed by atoms with Gasteiger partial charge in [0, 0.05) is 27.1 Å². The maximum atomic E-state index is 14.1. The molecule has 4 rings (SSSR count). The lowest BCUT2D eigenvalue weighted by Crippen LogP contribution is -2.44. The Bertz CT molecular complexity index is 1890. The second kappa shape index (κ2) is 23.4. The minimum Gasteiger partial charge on any atom is -0.461 e. The van der Waals surface area contributed by atoms with Crippen molar-refractivity contribution in [2.24, 2.45) is 28.6 Å². The average molecular weight is 948 g/mol. The lowest BCUT2D eigenvalue weighted by atomic mass is 9.84. The van der Waals surface area contributed by atoms with Gasteiger partial charge in [0.15, 0.2) is 17.1 Å². The quantitative estimate of drug-likeness (QED) is 0.0376. The number of benzene rings is 1. The first kappa shape index (κ1) is 52.5. The molecule has 1 aromatic carbocycles. The zero-order valence-electron chi connectivity index (χ0n) is 39.0. The van der Waals surface area contributed by atoms with Gasteiger partial charge in [-0.15, -0.1) is 0 Å². The van der Waals surface area contributed by atoms with Crippen LogP contribution in [-0.2, 0) is 38.2 Å². The summed E-state index contributed by atoms with van der Waals surface area (Å²) in [6.07, 6.45) is 5.44. The van der Waals surface area contributed by atoms with Gasteiger partial charge in [-0.2, -0.15) is 5.26 Å². The molecule has 0 aromatic heterocycles. The molecular formula is C46H65N3O10S4. The van der Waals surface area contributed by atoms with Crippen LogP contribution >= 0.6 is 47.0 Å². The standard InChI is InChI=1S/C46H65N3O10S4/c1-13-15-16-29(14-2)26-57-42(54)30(25-47)43-60-36-34(58-31(50)21-27(3)23-45(5,6)7)38-39(35(37(36)61-43)59-32(51)22-28(4)24-46(8,9)10)63-44(62-38)33-40(52)48(17-19-55-11)49(41(33)53)18-20-56-12/h27-29H,13-24,26H2,1-12H3. The molecule has 0 spiro atoms. The number of thioether (sulfide) groups is 4. The molecule has 0 bridgehead atoms. The summed E-state index contributed by atoms with van der Waals surface area (Å²) in [7, 11) is 3.02. The van der Waals surface area contributed by atoms with Gasteiger partial charge in [0.25, 0.3) is 11.8 Å². The predicted molar refractivity (Wildman–Crippen MR) is 248 cm³/mol. The van der Waals surface area contributed by atoms with Crippen LogP contribution in [0.4, 0.5) is 0 Å². The van der Waals surface area contributed by atoms with Crippen molar-refractivity contribution >= 4 is 76.8 Å². The largest absolute Gasteiger partial charge is 0.461 e. The van der Waals surface area contributed by atoms with E-state index in [4.69, 9.17) is 23.7 Å². The molecule has 3 atom stereocenters. The molecule has 1 saturated heterocycles.